The average Bonchev–Trinajstić information content (AvgIpc) is 2.95. The third-order valence-electron chi connectivity index (χ3n) is 4.13. The van der Waals surface area contributed by atoms with Gasteiger partial charge in [-0.05, 0) is 37.3 Å². The Bertz CT molecular complexity index is 1130. The van der Waals surface area contributed by atoms with Crippen molar-refractivity contribution < 1.29 is 24.7 Å². The van der Waals surface area contributed by atoms with Crippen LogP contribution >= 0.6 is 0 Å². The zero-order valence-electron chi connectivity index (χ0n) is 14.6. The van der Waals surface area contributed by atoms with E-state index in [2.05, 4.69) is 10.2 Å². The zero-order chi connectivity index (χ0) is 20.4. The molecular formula is C18H14N4O6. The van der Waals surface area contributed by atoms with Crippen LogP contribution in [0.4, 0.5) is 5.69 Å². The van der Waals surface area contributed by atoms with E-state index in [4.69, 9.17) is 0 Å². The summed E-state index contributed by atoms with van der Waals surface area (Å²) in [5, 5.41) is 38.1. The predicted molar refractivity (Wildman–Crippen MR) is 97.6 cm³/mol. The van der Waals surface area contributed by atoms with Crippen molar-refractivity contribution in [2.45, 2.75) is 13.5 Å². The number of nitro groups is 1. The third-order valence-corrected chi connectivity index (χ3v) is 4.13. The van der Waals surface area contributed by atoms with Crippen molar-refractivity contribution in [3.05, 3.63) is 63.7 Å². The molecule has 0 bridgehead atoms. The molecule has 3 aromatic rings. The van der Waals surface area contributed by atoms with E-state index in [9.17, 15) is 29.9 Å². The van der Waals surface area contributed by atoms with Crippen LogP contribution in [-0.4, -0.2) is 31.5 Å². The molecule has 0 saturated carbocycles. The first-order chi connectivity index (χ1) is 13.3. The van der Waals surface area contributed by atoms with Gasteiger partial charge in [-0.1, -0.05) is 0 Å². The van der Waals surface area contributed by atoms with E-state index in [-0.39, 0.29) is 34.0 Å². The molecule has 0 aliphatic heterocycles. The number of nitro benzene ring substituents is 1. The van der Waals surface area contributed by atoms with Crippen LogP contribution in [0.15, 0.2) is 52.7 Å². The summed E-state index contributed by atoms with van der Waals surface area (Å²) in [6.45, 7) is 2.07. The van der Waals surface area contributed by atoms with E-state index in [0.717, 1.165) is 12.1 Å². The predicted octanol–water partition coefficient (Wildman–Crippen LogP) is 3.41. The van der Waals surface area contributed by atoms with Gasteiger partial charge in [0.05, 0.1) is 4.92 Å². The molecule has 2 aromatic carbocycles. The molecular weight excluding hydrogens is 368 g/mol. The Labute approximate surface area is 157 Å². The maximum atomic E-state index is 12.2. The van der Waals surface area contributed by atoms with E-state index in [0.29, 0.717) is 11.9 Å². The quantitative estimate of drug-likeness (QED) is 0.401. The maximum absolute atomic E-state index is 12.2. The fourth-order valence-corrected chi connectivity index (χ4v) is 2.68. The Balaban J connectivity index is 1.83. The van der Waals surface area contributed by atoms with Gasteiger partial charge in [0.1, 0.15) is 0 Å². The van der Waals surface area contributed by atoms with Crippen LogP contribution in [0.1, 0.15) is 27.6 Å². The number of rotatable bonds is 4. The molecule has 0 aliphatic carbocycles. The number of carbonyl (C=O) groups is 2. The summed E-state index contributed by atoms with van der Waals surface area (Å²) in [5.74, 6) is -1.96. The van der Waals surface area contributed by atoms with Crippen molar-refractivity contribution in [2.75, 3.05) is 0 Å². The minimum Gasteiger partial charge on any atom is -0.494 e. The third kappa shape index (κ3) is 3.30. The lowest BCUT2D eigenvalue weighted by molar-refractivity contribution is -0.384. The molecule has 0 atom stereocenters. The number of fused-ring (bicyclic) bond motifs is 1. The number of aromatic nitrogens is 1. The molecule has 2 amide bonds. The van der Waals surface area contributed by atoms with Crippen LogP contribution in [0, 0.1) is 10.1 Å². The van der Waals surface area contributed by atoms with E-state index in [1.165, 1.54) is 34.9 Å². The molecule has 2 N–H and O–H groups in total. The first-order valence-electron chi connectivity index (χ1n) is 8.12. The molecule has 10 heteroatoms. The largest absolute Gasteiger partial charge is 0.494 e. The monoisotopic (exact) mass is 382 g/mol. The van der Waals surface area contributed by atoms with Crippen LogP contribution in [-0.2, 0) is 6.54 Å². The summed E-state index contributed by atoms with van der Waals surface area (Å²) in [6, 6.07) is 8.90. The first kappa shape index (κ1) is 18.7. The minimum atomic E-state index is -0.832. The van der Waals surface area contributed by atoms with Gasteiger partial charge >= 0.3 is 0 Å². The lowest BCUT2D eigenvalue weighted by atomic mass is 10.1. The highest BCUT2D eigenvalue weighted by Gasteiger charge is 2.17. The van der Waals surface area contributed by atoms with Crippen molar-refractivity contribution in [3.63, 3.8) is 0 Å². The number of carbonyl (C=O) groups excluding carboxylic acids is 2. The highest BCUT2D eigenvalue weighted by Crippen LogP contribution is 2.36. The maximum Gasteiger partial charge on any atom is 0.295 e. The second kappa shape index (κ2) is 7.27. The Hall–Kier alpha value is -4.08. The van der Waals surface area contributed by atoms with Crippen LogP contribution in [0.5, 0.6) is 11.8 Å². The number of aromatic hydroxyl groups is 2. The number of hydrogen-bond donors (Lipinski definition) is 2. The van der Waals surface area contributed by atoms with Crippen LogP contribution in [0.3, 0.4) is 0 Å². The van der Waals surface area contributed by atoms with Gasteiger partial charge in [-0.3, -0.25) is 24.3 Å². The lowest BCUT2D eigenvalue weighted by Crippen LogP contribution is -1.98. The molecule has 0 fully saturated rings. The molecule has 0 saturated heterocycles. The fourth-order valence-electron chi connectivity index (χ4n) is 2.68. The highest BCUT2D eigenvalue weighted by atomic mass is 16.6. The van der Waals surface area contributed by atoms with Gasteiger partial charge in [-0.2, -0.15) is 0 Å². The van der Waals surface area contributed by atoms with Gasteiger partial charge in [-0.25, -0.2) is 0 Å². The zero-order valence-corrected chi connectivity index (χ0v) is 14.6. The summed E-state index contributed by atoms with van der Waals surface area (Å²) in [7, 11) is 0. The molecule has 0 radical (unpaired) electrons. The summed E-state index contributed by atoms with van der Waals surface area (Å²) >= 11 is 0. The molecule has 0 unspecified atom stereocenters. The van der Waals surface area contributed by atoms with Crippen molar-refractivity contribution in [3.8, 4) is 11.8 Å². The van der Waals surface area contributed by atoms with E-state index in [1.807, 2.05) is 0 Å². The smallest absolute Gasteiger partial charge is 0.295 e. The first-order valence-corrected chi connectivity index (χ1v) is 8.12. The second-order valence-electron chi connectivity index (χ2n) is 5.77. The topological polar surface area (TPSA) is 147 Å². The van der Waals surface area contributed by atoms with Gasteiger partial charge in [0.15, 0.2) is 0 Å². The molecule has 1 heterocycles. The standard InChI is InChI=1S/C18H14N4O6/c1-2-21-17(25)13-8-5-11(9-14(13)18(21)26)16(24)20-19-15(23)10-3-6-12(7-4-10)22(27)28/h3-9,25-26H,2H2,1H3. The summed E-state index contributed by atoms with van der Waals surface area (Å²) in [5.41, 5.74) is -0.0727. The summed E-state index contributed by atoms with van der Waals surface area (Å²) < 4.78 is 1.28. The minimum absolute atomic E-state index is 0.0418. The van der Waals surface area contributed by atoms with Crippen LogP contribution in [0.25, 0.3) is 10.8 Å². The second-order valence-corrected chi connectivity index (χ2v) is 5.77. The molecule has 28 heavy (non-hydrogen) atoms. The Morgan fingerprint density at radius 2 is 1.50 bits per heavy atom. The highest BCUT2D eigenvalue weighted by molar-refractivity contribution is 6.03. The number of benzene rings is 2. The Morgan fingerprint density at radius 1 is 0.964 bits per heavy atom. The van der Waals surface area contributed by atoms with Crippen molar-refractivity contribution in [1.29, 1.82) is 0 Å². The molecule has 0 spiro atoms. The average molecular weight is 382 g/mol. The van der Waals surface area contributed by atoms with Gasteiger partial charge in [-0.15, -0.1) is 10.2 Å². The summed E-state index contributed by atoms with van der Waals surface area (Å²) in [4.78, 5) is 34.2. The Morgan fingerprint density at radius 3 is 2.07 bits per heavy atom. The lowest BCUT2D eigenvalue weighted by Gasteiger charge is -2.00. The van der Waals surface area contributed by atoms with Crippen molar-refractivity contribution >= 4 is 28.3 Å². The number of nitrogens with zero attached hydrogens (tertiary/aromatic N) is 4. The van der Waals surface area contributed by atoms with Gasteiger partial charge in [0, 0.05) is 40.6 Å². The number of non-ortho nitro benzene ring substituents is 1. The molecule has 3 rings (SSSR count). The molecule has 0 aliphatic rings. The molecule has 1 aromatic heterocycles. The van der Waals surface area contributed by atoms with Crippen LogP contribution < -0.4 is 0 Å². The Kier molecular flexibility index (Phi) is 4.86. The number of hydrogen-bond acceptors (Lipinski definition) is 6. The van der Waals surface area contributed by atoms with Gasteiger partial charge in [0.2, 0.25) is 11.8 Å². The van der Waals surface area contributed by atoms with Crippen LogP contribution in [0.2, 0.25) is 0 Å². The normalized spacial score (nSPS) is 11.2. The number of amides is 2. The van der Waals surface area contributed by atoms with Gasteiger partial charge in [0.25, 0.3) is 17.5 Å². The van der Waals surface area contributed by atoms with E-state index >= 15 is 0 Å². The van der Waals surface area contributed by atoms with Gasteiger partial charge < -0.3 is 10.2 Å². The SMILES string of the molecule is CCn1c(O)c2ccc(C(=O)N=NC(=O)c3ccc([N+](=O)[O-])cc3)cc2c1O. The van der Waals surface area contributed by atoms with Crippen molar-refractivity contribution in [2.24, 2.45) is 10.2 Å². The number of azo groups is 1. The fraction of sp³-hybridized carbons (Fsp3) is 0.111. The van der Waals surface area contributed by atoms with E-state index < -0.39 is 16.7 Å². The van der Waals surface area contributed by atoms with Crippen molar-refractivity contribution in [1.82, 2.24) is 4.57 Å². The van der Waals surface area contributed by atoms with E-state index in [1.54, 1.807) is 6.92 Å². The molecule has 10 nitrogen and oxygen atoms in total. The summed E-state index contributed by atoms with van der Waals surface area (Å²) in [6.07, 6.45) is 0. The molecule has 142 valence electrons.